The molecule has 3 N–H and O–H groups in total. The zero-order valence-corrected chi connectivity index (χ0v) is 23.3. The number of rotatable bonds is 9. The number of aromatic nitrogens is 1. The summed E-state index contributed by atoms with van der Waals surface area (Å²) in [6, 6.07) is 15.7. The van der Waals surface area contributed by atoms with Gasteiger partial charge in [-0.25, -0.2) is 18.6 Å². The van der Waals surface area contributed by atoms with Crippen LogP contribution in [-0.4, -0.2) is 54.0 Å². The molecule has 39 heavy (non-hydrogen) atoms. The van der Waals surface area contributed by atoms with Gasteiger partial charge in [-0.15, -0.1) is 0 Å². The number of amides is 2. The second kappa shape index (κ2) is 10.9. The average Bonchev–Trinajstić information content (AvgIpc) is 2.84. The Hall–Kier alpha value is -3.54. The van der Waals surface area contributed by atoms with Crippen molar-refractivity contribution in [3.05, 3.63) is 65.9 Å². The van der Waals surface area contributed by atoms with E-state index >= 15 is 0 Å². The van der Waals surface area contributed by atoms with E-state index in [9.17, 15) is 18.0 Å². The van der Waals surface area contributed by atoms with E-state index in [4.69, 9.17) is 9.94 Å². The Morgan fingerprint density at radius 3 is 2.41 bits per heavy atom. The van der Waals surface area contributed by atoms with Gasteiger partial charge in [-0.2, -0.15) is 0 Å². The molecule has 2 heterocycles. The molecule has 1 aliphatic rings. The molecule has 10 nitrogen and oxygen atoms in total. The fourth-order valence-electron chi connectivity index (χ4n) is 4.72. The van der Waals surface area contributed by atoms with E-state index in [0.29, 0.717) is 12.2 Å². The summed E-state index contributed by atoms with van der Waals surface area (Å²) in [5.41, 5.74) is 2.81. The van der Waals surface area contributed by atoms with E-state index in [1.807, 2.05) is 58.0 Å². The molecule has 0 saturated carbocycles. The molecule has 2 amide bonds. The summed E-state index contributed by atoms with van der Waals surface area (Å²) in [6.07, 6.45) is -0.0269. The lowest BCUT2D eigenvalue weighted by molar-refractivity contribution is -0.145. The highest BCUT2D eigenvalue weighted by Gasteiger charge is 2.49. The number of ether oxygens (including phenoxy) is 1. The van der Waals surface area contributed by atoms with E-state index in [0.717, 1.165) is 22.2 Å². The summed E-state index contributed by atoms with van der Waals surface area (Å²) in [4.78, 5) is 30.6. The molecule has 0 aliphatic carbocycles. The van der Waals surface area contributed by atoms with Gasteiger partial charge in [0, 0.05) is 36.2 Å². The van der Waals surface area contributed by atoms with Crippen molar-refractivity contribution in [2.75, 3.05) is 13.1 Å². The van der Waals surface area contributed by atoms with Crippen molar-refractivity contribution < 1.29 is 28.0 Å². The highest BCUT2D eigenvalue weighted by atomic mass is 32.2. The molecule has 11 heteroatoms. The maximum atomic E-state index is 13.2. The Balaban J connectivity index is 1.45. The summed E-state index contributed by atoms with van der Waals surface area (Å²) in [6.45, 7) is 8.06. The molecule has 3 aromatic rings. The summed E-state index contributed by atoms with van der Waals surface area (Å²) in [5.74, 6) is -0.381. The normalized spacial score (nSPS) is 15.1. The number of hydroxylamine groups is 1. The minimum absolute atomic E-state index is 0.0108. The van der Waals surface area contributed by atoms with Gasteiger partial charge in [-0.1, -0.05) is 39.0 Å². The highest BCUT2D eigenvalue weighted by molar-refractivity contribution is 7.89. The average molecular weight is 555 g/mol. The van der Waals surface area contributed by atoms with Crippen molar-refractivity contribution in [2.45, 2.75) is 57.6 Å². The second-order valence-electron chi connectivity index (χ2n) is 11.3. The standard InChI is InChI=1S/C28H34N4O6S/c1-19-13-20(23-7-5-6-8-24(23)29-19)16-38-21-9-11-22(12-10-21)39(36,37)31-28(14-25(33)30-35)17-32(18-28)26(34)15-27(2,3)4/h5-13,31,35H,14-18H2,1-4H3,(H,30,33). The van der Waals surface area contributed by atoms with Crippen LogP contribution in [-0.2, 0) is 26.2 Å². The monoisotopic (exact) mass is 554 g/mol. The van der Waals surface area contributed by atoms with Gasteiger partial charge >= 0.3 is 0 Å². The van der Waals surface area contributed by atoms with Crippen molar-refractivity contribution in [2.24, 2.45) is 5.41 Å². The van der Waals surface area contributed by atoms with Crippen molar-refractivity contribution in [3.8, 4) is 5.75 Å². The Morgan fingerprint density at radius 1 is 1.10 bits per heavy atom. The molecule has 1 saturated heterocycles. The predicted octanol–water partition coefficient (Wildman–Crippen LogP) is 3.31. The molecule has 0 spiro atoms. The Kier molecular flexibility index (Phi) is 7.97. The molecule has 2 aromatic carbocycles. The number of nitrogens with one attached hydrogen (secondary N) is 2. The predicted molar refractivity (Wildman–Crippen MR) is 146 cm³/mol. The lowest BCUT2D eigenvalue weighted by atomic mass is 9.84. The SMILES string of the molecule is Cc1cc(COc2ccc(S(=O)(=O)NC3(CC(=O)NO)CN(C(=O)CC(C)(C)C)C3)cc2)c2ccccc2n1. The van der Waals surface area contributed by atoms with Crippen molar-refractivity contribution in [3.63, 3.8) is 0 Å². The highest BCUT2D eigenvalue weighted by Crippen LogP contribution is 2.31. The molecule has 208 valence electrons. The number of fused-ring (bicyclic) bond motifs is 1. The lowest BCUT2D eigenvalue weighted by Crippen LogP contribution is -2.72. The van der Waals surface area contributed by atoms with Gasteiger partial charge in [0.05, 0.1) is 22.4 Å². The van der Waals surface area contributed by atoms with Crippen LogP contribution in [0.5, 0.6) is 5.75 Å². The van der Waals surface area contributed by atoms with Crippen LogP contribution in [0, 0.1) is 12.3 Å². The van der Waals surface area contributed by atoms with E-state index in [1.165, 1.54) is 17.0 Å². The van der Waals surface area contributed by atoms with Crippen LogP contribution in [0.2, 0.25) is 0 Å². The number of likely N-dealkylation sites (tertiary alicyclic amines) is 1. The summed E-state index contributed by atoms with van der Waals surface area (Å²) in [5, 5.41) is 10.0. The third kappa shape index (κ3) is 6.92. The first-order valence-electron chi connectivity index (χ1n) is 12.6. The van der Waals surface area contributed by atoms with Gasteiger partial charge in [-0.05, 0) is 48.7 Å². The first-order valence-corrected chi connectivity index (χ1v) is 14.1. The molecule has 1 aromatic heterocycles. The fraction of sp³-hybridized carbons (Fsp3) is 0.393. The summed E-state index contributed by atoms with van der Waals surface area (Å²) >= 11 is 0. The van der Waals surface area contributed by atoms with Crippen LogP contribution in [0.1, 0.15) is 44.9 Å². The molecule has 4 rings (SSSR count). The number of nitrogens with zero attached hydrogens (tertiary/aromatic N) is 2. The number of hydrogen-bond acceptors (Lipinski definition) is 7. The number of sulfonamides is 1. The molecule has 0 atom stereocenters. The van der Waals surface area contributed by atoms with Gasteiger partial charge in [0.25, 0.3) is 0 Å². The van der Waals surface area contributed by atoms with Crippen LogP contribution in [0.4, 0.5) is 0 Å². The Bertz CT molecular complexity index is 1480. The van der Waals surface area contributed by atoms with Crippen LogP contribution in [0.15, 0.2) is 59.5 Å². The van der Waals surface area contributed by atoms with Crippen LogP contribution in [0.25, 0.3) is 10.9 Å². The Morgan fingerprint density at radius 2 is 1.77 bits per heavy atom. The van der Waals surface area contributed by atoms with Crippen LogP contribution >= 0.6 is 0 Å². The number of benzene rings is 2. The molecule has 1 aliphatic heterocycles. The Labute approximate surface area is 228 Å². The topological polar surface area (TPSA) is 138 Å². The largest absolute Gasteiger partial charge is 0.489 e. The number of para-hydroxylation sites is 1. The molecule has 0 bridgehead atoms. The fourth-order valence-corrected chi connectivity index (χ4v) is 6.10. The van der Waals surface area contributed by atoms with Crippen molar-refractivity contribution in [1.29, 1.82) is 0 Å². The molecule has 1 fully saturated rings. The minimum Gasteiger partial charge on any atom is -0.489 e. The van der Waals surface area contributed by atoms with E-state index in [-0.39, 0.29) is 42.3 Å². The third-order valence-corrected chi connectivity index (χ3v) is 8.05. The van der Waals surface area contributed by atoms with Crippen molar-refractivity contribution in [1.82, 2.24) is 20.1 Å². The van der Waals surface area contributed by atoms with E-state index in [2.05, 4.69) is 9.71 Å². The third-order valence-electron chi connectivity index (χ3n) is 6.45. The quantitative estimate of drug-likeness (QED) is 0.273. The second-order valence-corrected chi connectivity index (χ2v) is 13.0. The number of hydrogen-bond donors (Lipinski definition) is 3. The molecular formula is C28H34N4O6S. The van der Waals surface area contributed by atoms with Gasteiger partial charge in [0.15, 0.2) is 0 Å². The maximum absolute atomic E-state index is 13.2. The molecular weight excluding hydrogens is 520 g/mol. The minimum atomic E-state index is -4.05. The van der Waals surface area contributed by atoms with E-state index < -0.39 is 21.5 Å². The zero-order valence-electron chi connectivity index (χ0n) is 22.5. The van der Waals surface area contributed by atoms with Gasteiger partial charge < -0.3 is 9.64 Å². The summed E-state index contributed by atoms with van der Waals surface area (Å²) < 4.78 is 35.0. The number of carbonyl (C=O) groups is 2. The first-order chi connectivity index (χ1) is 18.3. The zero-order chi connectivity index (χ0) is 28.4. The van der Waals surface area contributed by atoms with Crippen LogP contribution in [0.3, 0.4) is 0 Å². The van der Waals surface area contributed by atoms with Crippen LogP contribution < -0.4 is 14.9 Å². The van der Waals surface area contributed by atoms with Gasteiger partial charge in [0.1, 0.15) is 12.4 Å². The van der Waals surface area contributed by atoms with E-state index in [1.54, 1.807) is 17.6 Å². The number of carbonyl (C=O) groups excluding carboxylic acids is 2. The van der Waals surface area contributed by atoms with Crippen molar-refractivity contribution >= 4 is 32.7 Å². The molecule has 0 unspecified atom stereocenters. The smallest absolute Gasteiger partial charge is 0.245 e. The molecule has 0 radical (unpaired) electrons. The summed E-state index contributed by atoms with van der Waals surface area (Å²) in [7, 11) is -4.05. The van der Waals surface area contributed by atoms with Gasteiger partial charge in [-0.3, -0.25) is 19.8 Å². The lowest BCUT2D eigenvalue weighted by Gasteiger charge is -2.50. The number of aryl methyl sites for hydroxylation is 1. The maximum Gasteiger partial charge on any atom is 0.245 e. The number of pyridine rings is 1. The van der Waals surface area contributed by atoms with Gasteiger partial charge in [0.2, 0.25) is 21.8 Å². The first kappa shape index (κ1) is 28.5.